The Morgan fingerprint density at radius 1 is 1.10 bits per heavy atom. The third-order valence-corrected chi connectivity index (χ3v) is 5.13. The number of aryl methyl sites for hydroxylation is 1. The van der Waals surface area contributed by atoms with Gasteiger partial charge in [-0.25, -0.2) is 9.48 Å². The molecule has 0 saturated carbocycles. The number of ether oxygens (including phenoxy) is 1. The van der Waals surface area contributed by atoms with Crippen LogP contribution >= 0.6 is 0 Å². The lowest BCUT2D eigenvalue weighted by molar-refractivity contribution is -0.119. The van der Waals surface area contributed by atoms with Crippen LogP contribution in [0.1, 0.15) is 28.8 Å². The zero-order valence-corrected chi connectivity index (χ0v) is 16.9. The van der Waals surface area contributed by atoms with Gasteiger partial charge in [-0.15, -0.1) is 0 Å². The van der Waals surface area contributed by atoms with Crippen LogP contribution in [0.2, 0.25) is 0 Å². The third kappa shape index (κ3) is 4.51. The number of carbonyl (C=O) groups is 2. The molecule has 7 nitrogen and oxygen atoms in total. The summed E-state index contributed by atoms with van der Waals surface area (Å²) in [5, 5.41) is 6.93. The van der Waals surface area contributed by atoms with Crippen molar-refractivity contribution in [1.82, 2.24) is 9.78 Å². The van der Waals surface area contributed by atoms with Crippen LogP contribution < -0.4 is 10.2 Å². The Kier molecular flexibility index (Phi) is 5.79. The molecule has 154 valence electrons. The Morgan fingerprint density at radius 2 is 1.87 bits per heavy atom. The molecule has 0 atom stereocenters. The van der Waals surface area contributed by atoms with Gasteiger partial charge in [0.2, 0.25) is 0 Å². The number of carbonyl (C=O) groups excluding carboxylic acids is 2. The van der Waals surface area contributed by atoms with Gasteiger partial charge in [0.1, 0.15) is 0 Å². The molecule has 1 saturated heterocycles. The largest absolute Gasteiger partial charge is 0.452 e. The lowest BCUT2D eigenvalue weighted by Crippen LogP contribution is -2.21. The van der Waals surface area contributed by atoms with Crippen molar-refractivity contribution in [3.8, 4) is 5.69 Å². The fourth-order valence-electron chi connectivity index (χ4n) is 3.63. The molecule has 0 spiro atoms. The highest BCUT2D eigenvalue weighted by molar-refractivity contribution is 5.95. The van der Waals surface area contributed by atoms with E-state index in [2.05, 4.69) is 15.3 Å². The molecule has 1 aliphatic heterocycles. The van der Waals surface area contributed by atoms with E-state index in [-0.39, 0.29) is 12.5 Å². The SMILES string of the molecule is Cc1cc(NC(=O)COC(=O)c2ccc(-n3cccn3)cc2)ccc1N1CCCC1. The first-order chi connectivity index (χ1) is 14.6. The Bertz CT molecular complexity index is 1020. The number of benzene rings is 2. The monoisotopic (exact) mass is 404 g/mol. The van der Waals surface area contributed by atoms with Crippen LogP contribution in [0, 0.1) is 6.92 Å². The molecule has 7 heteroatoms. The van der Waals surface area contributed by atoms with Crippen molar-refractivity contribution in [2.75, 3.05) is 29.9 Å². The molecule has 4 rings (SSSR count). The van der Waals surface area contributed by atoms with Gasteiger partial charge in [0.05, 0.1) is 11.3 Å². The van der Waals surface area contributed by atoms with Crippen molar-refractivity contribution in [3.05, 3.63) is 72.1 Å². The van der Waals surface area contributed by atoms with Crippen molar-refractivity contribution in [1.29, 1.82) is 0 Å². The number of hydrogen-bond acceptors (Lipinski definition) is 5. The highest BCUT2D eigenvalue weighted by Gasteiger charge is 2.15. The van der Waals surface area contributed by atoms with Crippen LogP contribution in [0.25, 0.3) is 5.69 Å². The van der Waals surface area contributed by atoms with Crippen LogP contribution in [-0.4, -0.2) is 41.4 Å². The number of nitrogens with one attached hydrogen (secondary N) is 1. The summed E-state index contributed by atoms with van der Waals surface area (Å²) in [5.74, 6) is -0.914. The van der Waals surface area contributed by atoms with Gasteiger partial charge in [0.25, 0.3) is 5.91 Å². The van der Waals surface area contributed by atoms with E-state index in [1.165, 1.54) is 18.5 Å². The van der Waals surface area contributed by atoms with Gasteiger partial charge in [-0.1, -0.05) is 0 Å². The Morgan fingerprint density at radius 3 is 2.53 bits per heavy atom. The summed E-state index contributed by atoms with van der Waals surface area (Å²) < 4.78 is 6.84. The quantitative estimate of drug-likeness (QED) is 0.636. The molecule has 1 amide bonds. The van der Waals surface area contributed by atoms with Gasteiger partial charge in [-0.2, -0.15) is 5.10 Å². The lowest BCUT2D eigenvalue weighted by atomic mass is 10.1. The van der Waals surface area contributed by atoms with Gasteiger partial charge in [-0.3, -0.25) is 4.79 Å². The minimum atomic E-state index is -0.544. The van der Waals surface area contributed by atoms with Gasteiger partial charge in [0.15, 0.2) is 6.61 Å². The van der Waals surface area contributed by atoms with E-state index in [0.29, 0.717) is 11.3 Å². The second kappa shape index (κ2) is 8.82. The van der Waals surface area contributed by atoms with Gasteiger partial charge in [-0.05, 0) is 73.9 Å². The zero-order valence-electron chi connectivity index (χ0n) is 16.9. The molecule has 0 aliphatic carbocycles. The predicted molar refractivity (Wildman–Crippen MR) is 115 cm³/mol. The molecule has 1 aromatic heterocycles. The molecule has 0 bridgehead atoms. The lowest BCUT2D eigenvalue weighted by Gasteiger charge is -2.20. The van der Waals surface area contributed by atoms with E-state index in [4.69, 9.17) is 4.74 Å². The molecule has 2 heterocycles. The molecule has 2 aromatic carbocycles. The summed E-state index contributed by atoms with van der Waals surface area (Å²) in [5.41, 5.74) is 4.23. The van der Waals surface area contributed by atoms with E-state index >= 15 is 0 Å². The topological polar surface area (TPSA) is 76.5 Å². The number of aromatic nitrogens is 2. The fraction of sp³-hybridized carbons (Fsp3) is 0.261. The Labute approximate surface area is 175 Å². The Hall–Kier alpha value is -3.61. The van der Waals surface area contributed by atoms with E-state index in [1.807, 2.05) is 37.4 Å². The fourth-order valence-corrected chi connectivity index (χ4v) is 3.63. The first-order valence-corrected chi connectivity index (χ1v) is 10.0. The van der Waals surface area contributed by atoms with E-state index < -0.39 is 5.97 Å². The summed E-state index contributed by atoms with van der Waals surface area (Å²) in [6, 6.07) is 14.5. The van der Waals surface area contributed by atoms with Crippen molar-refractivity contribution in [3.63, 3.8) is 0 Å². The van der Waals surface area contributed by atoms with E-state index in [9.17, 15) is 9.59 Å². The van der Waals surface area contributed by atoms with Crippen LogP contribution in [0.15, 0.2) is 60.9 Å². The van der Waals surface area contributed by atoms with Crippen LogP contribution in [-0.2, 0) is 9.53 Å². The highest BCUT2D eigenvalue weighted by Crippen LogP contribution is 2.26. The molecule has 0 radical (unpaired) electrons. The molecule has 1 fully saturated rings. The number of anilines is 2. The number of rotatable bonds is 6. The van der Waals surface area contributed by atoms with E-state index in [1.54, 1.807) is 35.1 Å². The maximum atomic E-state index is 12.2. The number of amides is 1. The van der Waals surface area contributed by atoms with Crippen molar-refractivity contribution >= 4 is 23.3 Å². The van der Waals surface area contributed by atoms with Gasteiger partial charge >= 0.3 is 5.97 Å². The molecule has 1 N–H and O–H groups in total. The molecule has 0 unspecified atom stereocenters. The average molecular weight is 404 g/mol. The smallest absolute Gasteiger partial charge is 0.338 e. The molecule has 30 heavy (non-hydrogen) atoms. The first-order valence-electron chi connectivity index (χ1n) is 10.0. The van der Waals surface area contributed by atoms with Crippen LogP contribution in [0.4, 0.5) is 11.4 Å². The van der Waals surface area contributed by atoms with Crippen LogP contribution in [0.3, 0.4) is 0 Å². The molecule has 1 aliphatic rings. The average Bonchev–Trinajstić information content (AvgIpc) is 3.46. The number of esters is 1. The maximum absolute atomic E-state index is 12.2. The third-order valence-electron chi connectivity index (χ3n) is 5.13. The summed E-state index contributed by atoms with van der Waals surface area (Å²) in [4.78, 5) is 26.8. The zero-order chi connectivity index (χ0) is 20.9. The van der Waals surface area contributed by atoms with Gasteiger partial charge < -0.3 is 15.0 Å². The first kappa shape index (κ1) is 19.7. The summed E-state index contributed by atoms with van der Waals surface area (Å²) in [7, 11) is 0. The van der Waals surface area contributed by atoms with Crippen molar-refractivity contribution in [2.45, 2.75) is 19.8 Å². The highest BCUT2D eigenvalue weighted by atomic mass is 16.5. The van der Waals surface area contributed by atoms with E-state index in [0.717, 1.165) is 24.3 Å². The standard InChI is InChI=1S/C23H24N4O3/c1-17-15-19(7-10-21(17)26-12-2-3-13-26)25-22(28)16-30-23(29)18-5-8-20(9-6-18)27-14-4-11-24-27/h4-11,14-15H,2-3,12-13,16H2,1H3,(H,25,28). The molecular weight excluding hydrogens is 380 g/mol. The predicted octanol–water partition coefficient (Wildman–Crippen LogP) is 3.58. The van der Waals surface area contributed by atoms with Crippen molar-refractivity contribution < 1.29 is 14.3 Å². The normalized spacial score (nSPS) is 13.3. The number of nitrogens with zero attached hydrogens (tertiary/aromatic N) is 3. The second-order valence-corrected chi connectivity index (χ2v) is 7.32. The maximum Gasteiger partial charge on any atom is 0.338 e. The minimum Gasteiger partial charge on any atom is -0.452 e. The summed E-state index contributed by atoms with van der Waals surface area (Å²) in [6.07, 6.45) is 5.93. The molecule has 3 aromatic rings. The second-order valence-electron chi connectivity index (χ2n) is 7.32. The molecular formula is C23H24N4O3. The van der Waals surface area contributed by atoms with Gasteiger partial charge in [0, 0.05) is 36.9 Å². The number of hydrogen-bond donors (Lipinski definition) is 1. The summed E-state index contributed by atoms with van der Waals surface area (Å²) >= 11 is 0. The van der Waals surface area contributed by atoms with Crippen molar-refractivity contribution in [2.24, 2.45) is 0 Å². The minimum absolute atomic E-state index is 0.341. The summed E-state index contributed by atoms with van der Waals surface area (Å²) in [6.45, 7) is 3.85. The Balaban J connectivity index is 1.30. The van der Waals surface area contributed by atoms with Crippen LogP contribution in [0.5, 0.6) is 0 Å².